The summed E-state index contributed by atoms with van der Waals surface area (Å²) < 4.78 is 0. The van der Waals surface area contributed by atoms with Crippen LogP contribution in [0.3, 0.4) is 0 Å². The van der Waals surface area contributed by atoms with E-state index in [1.807, 2.05) is 35.2 Å². The fourth-order valence-electron chi connectivity index (χ4n) is 3.70. The maximum Gasteiger partial charge on any atom is 0.246 e. The van der Waals surface area contributed by atoms with Gasteiger partial charge in [-0.1, -0.05) is 30.3 Å². The molecule has 134 valence electrons. The van der Waals surface area contributed by atoms with Gasteiger partial charge in [0.15, 0.2) is 0 Å². The number of rotatable bonds is 3. The third-order valence-electron chi connectivity index (χ3n) is 5.13. The van der Waals surface area contributed by atoms with Crippen LogP contribution in [0.15, 0.2) is 30.3 Å². The van der Waals surface area contributed by atoms with Gasteiger partial charge in [-0.15, -0.1) is 22.6 Å². The number of hydrogen-bond acceptors (Lipinski definition) is 5. The summed E-state index contributed by atoms with van der Waals surface area (Å²) in [6.07, 6.45) is 2.17. The third-order valence-corrected chi connectivity index (χ3v) is 5.13. The number of aromatic nitrogens is 4. The first-order valence-electron chi connectivity index (χ1n) is 8.61. The zero-order valence-corrected chi connectivity index (χ0v) is 14.9. The number of amides is 1. The van der Waals surface area contributed by atoms with E-state index in [2.05, 4.69) is 20.7 Å². The van der Waals surface area contributed by atoms with Crippen LogP contribution in [0.1, 0.15) is 12.8 Å². The zero-order valence-electron chi connectivity index (χ0n) is 14.0. The van der Waals surface area contributed by atoms with Gasteiger partial charge in [-0.2, -0.15) is 4.80 Å². The lowest BCUT2D eigenvalue weighted by Gasteiger charge is -2.20. The van der Waals surface area contributed by atoms with E-state index < -0.39 is 0 Å². The van der Waals surface area contributed by atoms with E-state index in [0.29, 0.717) is 5.82 Å². The van der Waals surface area contributed by atoms with Crippen molar-refractivity contribution in [3.05, 3.63) is 30.3 Å². The molecule has 8 heteroatoms. The van der Waals surface area contributed by atoms with E-state index in [1.54, 1.807) is 0 Å². The predicted octanol–water partition coefficient (Wildman–Crippen LogP) is 1.22. The van der Waals surface area contributed by atoms with E-state index in [-0.39, 0.29) is 24.9 Å². The first-order valence-corrected chi connectivity index (χ1v) is 8.61. The third kappa shape index (κ3) is 3.99. The summed E-state index contributed by atoms with van der Waals surface area (Å²) in [5.41, 5.74) is 0.909. The maximum atomic E-state index is 12.6. The quantitative estimate of drug-likeness (QED) is 0.888. The van der Waals surface area contributed by atoms with Gasteiger partial charge >= 0.3 is 0 Å². The summed E-state index contributed by atoms with van der Waals surface area (Å²) >= 11 is 0. The van der Waals surface area contributed by atoms with Gasteiger partial charge in [0.05, 0.1) is 0 Å². The summed E-state index contributed by atoms with van der Waals surface area (Å²) in [5.74, 6) is 2.08. The summed E-state index contributed by atoms with van der Waals surface area (Å²) in [6.45, 7) is 4.02. The lowest BCUT2D eigenvalue weighted by molar-refractivity contribution is -0.132. The van der Waals surface area contributed by atoms with E-state index >= 15 is 0 Å². The number of nitrogens with zero attached hydrogens (tertiary/aromatic N) is 5. The lowest BCUT2D eigenvalue weighted by atomic mass is 9.92. The van der Waals surface area contributed by atoms with Crippen LogP contribution in [0, 0.1) is 11.8 Å². The summed E-state index contributed by atoms with van der Waals surface area (Å²) in [7, 11) is 0. The fourth-order valence-corrected chi connectivity index (χ4v) is 3.70. The molecule has 3 heterocycles. The van der Waals surface area contributed by atoms with Crippen LogP contribution < -0.4 is 5.32 Å². The highest BCUT2D eigenvalue weighted by atomic mass is 35.5. The monoisotopic (exact) mass is 362 g/mol. The van der Waals surface area contributed by atoms with Crippen LogP contribution in [-0.2, 0) is 11.3 Å². The molecule has 2 atom stereocenters. The zero-order chi connectivity index (χ0) is 16.4. The Labute approximate surface area is 153 Å². The molecule has 25 heavy (non-hydrogen) atoms. The molecule has 0 spiro atoms. The van der Waals surface area contributed by atoms with Crippen molar-refractivity contribution in [1.29, 1.82) is 0 Å². The van der Waals surface area contributed by atoms with Gasteiger partial charge in [-0.05, 0) is 43.0 Å². The molecule has 0 saturated carbocycles. The molecule has 2 aliphatic heterocycles. The molecule has 0 bridgehead atoms. The summed E-state index contributed by atoms with van der Waals surface area (Å²) in [4.78, 5) is 15.9. The van der Waals surface area contributed by atoms with Gasteiger partial charge in [-0.3, -0.25) is 4.79 Å². The minimum atomic E-state index is 0. The number of fused-ring (bicyclic) bond motifs is 1. The number of likely N-dealkylation sites (tertiary alicyclic amines) is 1. The Morgan fingerprint density at radius 1 is 1.12 bits per heavy atom. The average Bonchev–Trinajstić information content (AvgIpc) is 3.21. The Bertz CT molecular complexity index is 692. The Morgan fingerprint density at radius 2 is 1.80 bits per heavy atom. The summed E-state index contributed by atoms with van der Waals surface area (Å²) in [6, 6.07) is 9.69. The fraction of sp³-hybridized carbons (Fsp3) is 0.529. The van der Waals surface area contributed by atoms with Crippen molar-refractivity contribution in [2.24, 2.45) is 11.8 Å². The standard InChI is InChI=1S/C17H22N6O.ClH/c24-16(22-8-6-14-10-18-11-15(14)7-9-22)12-23-20-17(19-21-23)13-4-2-1-3-5-13;/h1-5,14-15,18H,6-12H2;1H/t14-,15+;. The molecule has 1 aromatic carbocycles. The van der Waals surface area contributed by atoms with E-state index in [4.69, 9.17) is 0 Å². The van der Waals surface area contributed by atoms with Crippen LogP contribution in [0.4, 0.5) is 0 Å². The molecule has 1 amide bonds. The molecule has 0 aliphatic carbocycles. The predicted molar refractivity (Wildman–Crippen MR) is 96.2 cm³/mol. The minimum absolute atomic E-state index is 0. The summed E-state index contributed by atoms with van der Waals surface area (Å²) in [5, 5.41) is 15.9. The van der Waals surface area contributed by atoms with Crippen molar-refractivity contribution in [3.8, 4) is 11.4 Å². The molecule has 1 N–H and O–H groups in total. The van der Waals surface area contributed by atoms with Gasteiger partial charge in [0.1, 0.15) is 6.54 Å². The van der Waals surface area contributed by atoms with Gasteiger partial charge in [0, 0.05) is 18.7 Å². The molecule has 0 radical (unpaired) electrons. The molecule has 2 fully saturated rings. The van der Waals surface area contributed by atoms with Crippen molar-refractivity contribution in [3.63, 3.8) is 0 Å². The molecule has 1 aromatic heterocycles. The van der Waals surface area contributed by atoms with Crippen LogP contribution in [-0.4, -0.2) is 57.2 Å². The number of hydrogen-bond donors (Lipinski definition) is 1. The molecule has 2 aromatic rings. The van der Waals surface area contributed by atoms with Gasteiger partial charge in [-0.25, -0.2) is 0 Å². The van der Waals surface area contributed by atoms with Crippen molar-refractivity contribution in [2.45, 2.75) is 19.4 Å². The molecule has 4 rings (SSSR count). The molecule has 0 unspecified atom stereocenters. The molecule has 7 nitrogen and oxygen atoms in total. The van der Waals surface area contributed by atoms with Crippen LogP contribution in [0.2, 0.25) is 0 Å². The molecular formula is C17H23ClN6O. The Kier molecular flexibility index (Phi) is 5.65. The average molecular weight is 363 g/mol. The molecule has 2 saturated heterocycles. The van der Waals surface area contributed by atoms with Crippen molar-refractivity contribution >= 4 is 18.3 Å². The minimum Gasteiger partial charge on any atom is -0.341 e. The topological polar surface area (TPSA) is 75.9 Å². The largest absolute Gasteiger partial charge is 0.341 e. The number of benzene rings is 1. The Balaban J connectivity index is 0.00000182. The number of halogens is 1. The number of carbonyl (C=O) groups is 1. The highest BCUT2D eigenvalue weighted by Gasteiger charge is 2.31. The highest BCUT2D eigenvalue weighted by Crippen LogP contribution is 2.27. The van der Waals surface area contributed by atoms with Crippen molar-refractivity contribution in [2.75, 3.05) is 26.2 Å². The van der Waals surface area contributed by atoms with Crippen molar-refractivity contribution in [1.82, 2.24) is 30.4 Å². The second-order valence-corrected chi connectivity index (χ2v) is 6.65. The smallest absolute Gasteiger partial charge is 0.246 e. The number of carbonyl (C=O) groups excluding carboxylic acids is 1. The second-order valence-electron chi connectivity index (χ2n) is 6.65. The maximum absolute atomic E-state index is 12.6. The van der Waals surface area contributed by atoms with Gasteiger partial charge < -0.3 is 10.2 Å². The van der Waals surface area contributed by atoms with Crippen LogP contribution >= 0.6 is 12.4 Å². The second kappa shape index (κ2) is 7.93. The van der Waals surface area contributed by atoms with Gasteiger partial charge in [0.2, 0.25) is 11.7 Å². The van der Waals surface area contributed by atoms with E-state index in [9.17, 15) is 4.79 Å². The van der Waals surface area contributed by atoms with Crippen LogP contribution in [0.5, 0.6) is 0 Å². The Hall–Kier alpha value is -1.99. The Morgan fingerprint density at radius 3 is 2.48 bits per heavy atom. The van der Waals surface area contributed by atoms with Gasteiger partial charge in [0.25, 0.3) is 0 Å². The highest BCUT2D eigenvalue weighted by molar-refractivity contribution is 5.85. The number of tetrazole rings is 1. The number of nitrogens with one attached hydrogen (secondary N) is 1. The first kappa shape index (κ1) is 17.8. The SMILES string of the molecule is Cl.O=C(Cn1nnc(-c2ccccc2)n1)N1CC[C@@H]2CNC[C@@H]2CC1. The van der Waals surface area contributed by atoms with Crippen LogP contribution in [0.25, 0.3) is 11.4 Å². The van der Waals surface area contributed by atoms with E-state index in [1.165, 1.54) is 4.80 Å². The molecular weight excluding hydrogens is 340 g/mol. The van der Waals surface area contributed by atoms with Crippen molar-refractivity contribution < 1.29 is 4.79 Å². The van der Waals surface area contributed by atoms with E-state index in [0.717, 1.165) is 56.4 Å². The first-order chi connectivity index (χ1) is 11.8. The lowest BCUT2D eigenvalue weighted by Crippen LogP contribution is -2.35. The molecule has 2 aliphatic rings. The normalized spacial score (nSPS) is 22.8.